The summed E-state index contributed by atoms with van der Waals surface area (Å²) in [6.45, 7) is 3.91. The van der Waals surface area contributed by atoms with Gasteiger partial charge in [0.25, 0.3) is 15.9 Å². The second kappa shape index (κ2) is 9.00. The molecular formula is C23H24N2O4S. The van der Waals surface area contributed by atoms with Crippen molar-refractivity contribution in [1.29, 1.82) is 0 Å². The molecule has 0 bridgehead atoms. The van der Waals surface area contributed by atoms with E-state index in [-0.39, 0.29) is 16.8 Å². The second-order valence-corrected chi connectivity index (χ2v) is 8.62. The Morgan fingerprint density at radius 1 is 0.933 bits per heavy atom. The smallest absolute Gasteiger partial charge is 0.262 e. The maximum atomic E-state index is 12.7. The fourth-order valence-corrected chi connectivity index (χ4v) is 4.01. The molecule has 30 heavy (non-hydrogen) atoms. The van der Waals surface area contributed by atoms with E-state index in [0.717, 1.165) is 11.1 Å². The zero-order valence-corrected chi connectivity index (χ0v) is 17.9. The number of rotatable bonds is 7. The van der Waals surface area contributed by atoms with Crippen molar-refractivity contribution >= 4 is 21.6 Å². The average Bonchev–Trinajstić information content (AvgIpc) is 2.74. The molecule has 0 radical (unpaired) electrons. The monoisotopic (exact) mass is 424 g/mol. The Morgan fingerprint density at radius 2 is 1.57 bits per heavy atom. The highest BCUT2D eigenvalue weighted by Gasteiger charge is 2.18. The molecule has 1 unspecified atom stereocenters. The van der Waals surface area contributed by atoms with Crippen molar-refractivity contribution in [2.24, 2.45) is 0 Å². The molecule has 6 nitrogen and oxygen atoms in total. The number of hydrogen-bond acceptors (Lipinski definition) is 4. The maximum Gasteiger partial charge on any atom is 0.262 e. The van der Waals surface area contributed by atoms with Crippen molar-refractivity contribution < 1.29 is 17.9 Å². The zero-order valence-electron chi connectivity index (χ0n) is 17.0. The van der Waals surface area contributed by atoms with Crippen LogP contribution in [0.1, 0.15) is 34.5 Å². The van der Waals surface area contributed by atoms with E-state index >= 15 is 0 Å². The molecule has 1 atom stereocenters. The molecule has 3 aromatic rings. The van der Waals surface area contributed by atoms with Gasteiger partial charge in [-0.3, -0.25) is 9.52 Å². The lowest BCUT2D eigenvalue weighted by molar-refractivity contribution is 0.0940. The van der Waals surface area contributed by atoms with Crippen molar-refractivity contribution in [2.45, 2.75) is 24.8 Å². The number of aryl methyl sites for hydroxylation is 1. The fourth-order valence-electron chi connectivity index (χ4n) is 2.94. The van der Waals surface area contributed by atoms with Crippen LogP contribution in [-0.2, 0) is 10.0 Å². The van der Waals surface area contributed by atoms with Gasteiger partial charge in [-0.05, 0) is 55.8 Å². The van der Waals surface area contributed by atoms with Crippen LogP contribution in [0.15, 0.2) is 77.7 Å². The molecule has 3 aromatic carbocycles. The number of hydrogen-bond donors (Lipinski definition) is 2. The number of carbonyl (C=O) groups is 1. The summed E-state index contributed by atoms with van der Waals surface area (Å²) >= 11 is 0. The van der Waals surface area contributed by atoms with Gasteiger partial charge < -0.3 is 10.1 Å². The molecule has 3 rings (SSSR count). The molecule has 0 aliphatic heterocycles. The summed E-state index contributed by atoms with van der Waals surface area (Å²) < 4.78 is 33.0. The molecule has 0 spiro atoms. The number of carbonyl (C=O) groups excluding carboxylic acids is 1. The highest BCUT2D eigenvalue weighted by Crippen LogP contribution is 2.26. The van der Waals surface area contributed by atoms with Crippen LogP contribution in [0.25, 0.3) is 0 Å². The molecule has 0 aliphatic carbocycles. The van der Waals surface area contributed by atoms with Crippen molar-refractivity contribution in [2.75, 3.05) is 11.8 Å². The quantitative estimate of drug-likeness (QED) is 0.592. The lowest BCUT2D eigenvalue weighted by Crippen LogP contribution is -2.26. The predicted molar refractivity (Wildman–Crippen MR) is 117 cm³/mol. The minimum absolute atomic E-state index is 0.0524. The summed E-state index contributed by atoms with van der Waals surface area (Å²) in [5.41, 5.74) is 2.86. The molecule has 1 amide bonds. The number of anilines is 1. The van der Waals surface area contributed by atoms with Crippen molar-refractivity contribution in [3.05, 3.63) is 89.5 Å². The number of para-hydroxylation sites is 2. The second-order valence-electron chi connectivity index (χ2n) is 6.94. The first-order valence-corrected chi connectivity index (χ1v) is 10.9. The third-order valence-corrected chi connectivity index (χ3v) is 6.08. The van der Waals surface area contributed by atoms with E-state index < -0.39 is 10.0 Å². The fraction of sp³-hybridized carbons (Fsp3) is 0.174. The van der Waals surface area contributed by atoms with E-state index in [1.165, 1.54) is 31.4 Å². The summed E-state index contributed by atoms with van der Waals surface area (Å²) in [4.78, 5) is 12.6. The first kappa shape index (κ1) is 21.4. The zero-order chi connectivity index (χ0) is 21.7. The molecule has 0 heterocycles. The summed E-state index contributed by atoms with van der Waals surface area (Å²) in [7, 11) is -2.35. The van der Waals surface area contributed by atoms with Gasteiger partial charge in [0.2, 0.25) is 0 Å². The first-order chi connectivity index (χ1) is 14.3. The SMILES string of the molecule is COc1ccccc1NS(=O)(=O)c1ccc(C(=O)NC(C)c2ccc(C)cc2)cc1. The van der Waals surface area contributed by atoms with Crippen molar-refractivity contribution in [3.63, 3.8) is 0 Å². The Labute approximate surface area is 177 Å². The highest BCUT2D eigenvalue weighted by molar-refractivity contribution is 7.92. The Kier molecular flexibility index (Phi) is 6.42. The van der Waals surface area contributed by atoms with Gasteiger partial charge in [0.05, 0.1) is 23.7 Å². The normalized spacial score (nSPS) is 12.1. The Morgan fingerprint density at radius 3 is 2.20 bits per heavy atom. The topological polar surface area (TPSA) is 84.5 Å². The van der Waals surface area contributed by atoms with Crippen molar-refractivity contribution in [1.82, 2.24) is 5.32 Å². The van der Waals surface area contributed by atoms with Crippen LogP contribution < -0.4 is 14.8 Å². The largest absolute Gasteiger partial charge is 0.495 e. The van der Waals surface area contributed by atoms with E-state index in [4.69, 9.17) is 4.74 Å². The summed E-state index contributed by atoms with van der Waals surface area (Å²) in [6, 6.07) is 20.3. The predicted octanol–water partition coefficient (Wildman–Crippen LogP) is 4.30. The molecule has 0 aromatic heterocycles. The van der Waals surface area contributed by atoms with Crippen molar-refractivity contribution in [3.8, 4) is 5.75 Å². The van der Waals surface area contributed by atoms with E-state index in [1.807, 2.05) is 38.1 Å². The number of sulfonamides is 1. The third-order valence-electron chi connectivity index (χ3n) is 4.70. The Balaban J connectivity index is 1.71. The van der Waals surface area contributed by atoms with Gasteiger partial charge in [-0.15, -0.1) is 0 Å². The third kappa shape index (κ3) is 4.99. The minimum Gasteiger partial charge on any atom is -0.495 e. The summed E-state index contributed by atoms with van der Waals surface area (Å²) in [5, 5.41) is 2.92. The van der Waals surface area contributed by atoms with E-state index in [1.54, 1.807) is 24.3 Å². The standard InChI is InChI=1S/C23H24N2O4S/c1-16-8-10-18(11-9-16)17(2)24-23(26)19-12-14-20(15-13-19)30(27,28)25-21-6-4-5-7-22(21)29-3/h4-15,17,25H,1-3H3,(H,24,26). The van der Waals surface area contributed by atoms with Crippen LogP contribution in [0.5, 0.6) is 5.75 Å². The number of benzene rings is 3. The van der Waals surface area contributed by atoms with Crippen LogP contribution >= 0.6 is 0 Å². The van der Waals surface area contributed by atoms with Gasteiger partial charge in [0.1, 0.15) is 5.75 Å². The van der Waals surface area contributed by atoms with E-state index in [0.29, 0.717) is 17.0 Å². The van der Waals surface area contributed by atoms with Crippen LogP contribution in [0.4, 0.5) is 5.69 Å². The number of nitrogens with one attached hydrogen (secondary N) is 2. The average molecular weight is 425 g/mol. The Bertz CT molecular complexity index is 1120. The van der Waals surface area contributed by atoms with Gasteiger partial charge in [0.15, 0.2) is 0 Å². The molecule has 0 saturated heterocycles. The van der Waals surface area contributed by atoms with Gasteiger partial charge in [-0.1, -0.05) is 42.0 Å². The van der Waals surface area contributed by atoms with Crippen LogP contribution in [0.3, 0.4) is 0 Å². The van der Waals surface area contributed by atoms with Gasteiger partial charge >= 0.3 is 0 Å². The molecule has 0 saturated carbocycles. The Hall–Kier alpha value is -3.32. The van der Waals surface area contributed by atoms with Gasteiger partial charge in [-0.25, -0.2) is 8.42 Å². The number of methoxy groups -OCH3 is 1. The van der Waals surface area contributed by atoms with E-state index in [2.05, 4.69) is 10.0 Å². The molecule has 2 N–H and O–H groups in total. The lowest BCUT2D eigenvalue weighted by atomic mass is 10.1. The molecule has 0 fully saturated rings. The maximum absolute atomic E-state index is 12.7. The van der Waals surface area contributed by atoms with Gasteiger partial charge in [-0.2, -0.15) is 0 Å². The van der Waals surface area contributed by atoms with Crippen LogP contribution in [0, 0.1) is 6.92 Å². The summed E-state index contributed by atoms with van der Waals surface area (Å²) in [5.74, 6) is 0.145. The van der Waals surface area contributed by atoms with Crippen LogP contribution in [0.2, 0.25) is 0 Å². The van der Waals surface area contributed by atoms with Gasteiger partial charge in [0, 0.05) is 5.56 Å². The highest BCUT2D eigenvalue weighted by atomic mass is 32.2. The molecule has 0 aliphatic rings. The minimum atomic E-state index is -3.82. The molecular weight excluding hydrogens is 400 g/mol. The summed E-state index contributed by atoms with van der Waals surface area (Å²) in [6.07, 6.45) is 0. The first-order valence-electron chi connectivity index (χ1n) is 9.43. The van der Waals surface area contributed by atoms with E-state index in [9.17, 15) is 13.2 Å². The lowest BCUT2D eigenvalue weighted by Gasteiger charge is -2.15. The molecule has 156 valence electrons. The van der Waals surface area contributed by atoms with Crippen LogP contribution in [-0.4, -0.2) is 21.4 Å². The number of amides is 1. The number of ether oxygens (including phenoxy) is 1. The molecule has 7 heteroatoms.